The molecule has 1 amide bonds. The van der Waals surface area contributed by atoms with Crippen molar-refractivity contribution in [1.29, 1.82) is 0 Å². The van der Waals surface area contributed by atoms with Gasteiger partial charge in [-0.2, -0.15) is 4.98 Å². The van der Waals surface area contributed by atoms with Gasteiger partial charge in [-0.25, -0.2) is 18.1 Å². The number of benzene rings is 2. The van der Waals surface area contributed by atoms with E-state index in [1.54, 1.807) is 12.1 Å². The zero-order chi connectivity index (χ0) is 20.4. The highest BCUT2D eigenvalue weighted by Gasteiger charge is 2.11. The van der Waals surface area contributed by atoms with Gasteiger partial charge >= 0.3 is 6.09 Å². The Labute approximate surface area is 163 Å². The molecule has 2 aromatic heterocycles. The van der Waals surface area contributed by atoms with Crippen molar-refractivity contribution in [2.75, 3.05) is 10.6 Å². The first-order valence-corrected chi connectivity index (χ1v) is 8.64. The lowest BCUT2D eigenvalue weighted by Gasteiger charge is -2.10. The summed E-state index contributed by atoms with van der Waals surface area (Å²) in [5.74, 6) is -1.31. The zero-order valence-electron chi connectivity index (χ0n) is 14.9. The Kier molecular flexibility index (Phi) is 4.78. The van der Waals surface area contributed by atoms with Crippen LogP contribution in [0.15, 0.2) is 60.7 Å². The third kappa shape index (κ3) is 3.84. The van der Waals surface area contributed by atoms with Gasteiger partial charge in [-0.15, -0.1) is 5.10 Å². The molecule has 7 nitrogen and oxygen atoms in total. The molecule has 3 N–H and O–H groups in total. The molecule has 4 aromatic rings. The molecule has 0 fully saturated rings. The number of hydrogen-bond donors (Lipinski definition) is 3. The van der Waals surface area contributed by atoms with Gasteiger partial charge in [-0.05, 0) is 29.8 Å². The summed E-state index contributed by atoms with van der Waals surface area (Å²) in [4.78, 5) is 14.9. The van der Waals surface area contributed by atoms with Crippen molar-refractivity contribution < 1.29 is 18.7 Å². The van der Waals surface area contributed by atoms with Crippen LogP contribution >= 0.6 is 0 Å². The molecule has 2 aromatic carbocycles. The molecule has 29 heavy (non-hydrogen) atoms. The highest BCUT2D eigenvalue weighted by Crippen LogP contribution is 2.23. The van der Waals surface area contributed by atoms with Crippen LogP contribution in [0.5, 0.6) is 0 Å². The number of halogens is 2. The van der Waals surface area contributed by atoms with Crippen LogP contribution < -0.4 is 10.6 Å². The summed E-state index contributed by atoms with van der Waals surface area (Å²) in [5.41, 5.74) is 2.70. The normalized spacial score (nSPS) is 10.8. The number of fused-ring (bicyclic) bond motifs is 1. The van der Waals surface area contributed by atoms with Crippen molar-refractivity contribution in [3.05, 3.63) is 77.9 Å². The number of anilines is 2. The summed E-state index contributed by atoms with van der Waals surface area (Å²) >= 11 is 0. The Morgan fingerprint density at radius 1 is 1.00 bits per heavy atom. The predicted molar refractivity (Wildman–Crippen MR) is 104 cm³/mol. The van der Waals surface area contributed by atoms with Gasteiger partial charge in [-0.1, -0.05) is 36.4 Å². The number of amides is 1. The summed E-state index contributed by atoms with van der Waals surface area (Å²) < 4.78 is 29.0. The van der Waals surface area contributed by atoms with E-state index < -0.39 is 17.7 Å². The number of para-hydroxylation sites is 1. The average molecular weight is 395 g/mol. The van der Waals surface area contributed by atoms with Gasteiger partial charge in [-0.3, -0.25) is 5.32 Å². The summed E-state index contributed by atoms with van der Waals surface area (Å²) in [5, 5.41) is 17.9. The summed E-state index contributed by atoms with van der Waals surface area (Å²) in [6, 6.07) is 16.4. The largest absolute Gasteiger partial charge is 0.465 e. The number of carbonyl (C=O) groups is 1. The van der Waals surface area contributed by atoms with Gasteiger partial charge in [0, 0.05) is 12.1 Å². The second-order valence-corrected chi connectivity index (χ2v) is 6.19. The van der Waals surface area contributed by atoms with E-state index in [9.17, 15) is 13.6 Å². The lowest BCUT2D eigenvalue weighted by atomic mass is 10.1. The van der Waals surface area contributed by atoms with Crippen molar-refractivity contribution in [1.82, 2.24) is 14.6 Å². The van der Waals surface area contributed by atoms with Crippen LogP contribution in [-0.2, 0) is 6.54 Å². The summed E-state index contributed by atoms with van der Waals surface area (Å²) in [6.07, 6.45) is -1.24. The number of carboxylic acid groups (broad SMARTS) is 1. The molecule has 2 heterocycles. The molecule has 0 saturated heterocycles. The second kappa shape index (κ2) is 7.55. The molecule has 0 atom stereocenters. The molecule has 9 heteroatoms. The molecular formula is C20H15F2N5O2. The van der Waals surface area contributed by atoms with Crippen molar-refractivity contribution in [3.8, 4) is 11.3 Å². The van der Waals surface area contributed by atoms with Crippen LogP contribution in [0.3, 0.4) is 0 Å². The molecule has 0 unspecified atom stereocenters. The fourth-order valence-corrected chi connectivity index (χ4v) is 2.92. The first kappa shape index (κ1) is 18.4. The van der Waals surface area contributed by atoms with Gasteiger partial charge in [0.1, 0.15) is 17.3 Å². The second-order valence-electron chi connectivity index (χ2n) is 6.19. The third-order valence-electron chi connectivity index (χ3n) is 4.26. The first-order chi connectivity index (χ1) is 14.0. The SMILES string of the molecule is O=C(O)Nc1nc2cccc(-c3ccc(CNc4c(F)cccc4F)cc3)n2n1. The molecule has 0 aliphatic heterocycles. The van der Waals surface area contributed by atoms with E-state index in [1.807, 2.05) is 30.3 Å². The Balaban J connectivity index is 1.56. The lowest BCUT2D eigenvalue weighted by Crippen LogP contribution is -2.08. The molecule has 0 aliphatic carbocycles. The first-order valence-electron chi connectivity index (χ1n) is 8.64. The van der Waals surface area contributed by atoms with Crippen molar-refractivity contribution in [2.24, 2.45) is 0 Å². The van der Waals surface area contributed by atoms with E-state index in [-0.39, 0.29) is 18.2 Å². The standard InChI is InChI=1S/C20H15F2N5O2/c21-14-3-1-4-15(22)18(14)23-11-12-7-9-13(10-8-12)16-5-2-6-17-24-19(25-20(28)29)26-27(16)17/h1-10,23H,11H2,(H,25,26)(H,28,29). The molecule has 0 radical (unpaired) electrons. The van der Waals surface area contributed by atoms with E-state index in [2.05, 4.69) is 20.7 Å². The Hall–Kier alpha value is -4.01. The number of nitrogens with one attached hydrogen (secondary N) is 2. The highest BCUT2D eigenvalue weighted by atomic mass is 19.1. The lowest BCUT2D eigenvalue weighted by molar-refractivity contribution is 0.209. The molecular weight excluding hydrogens is 380 g/mol. The molecule has 0 saturated carbocycles. The van der Waals surface area contributed by atoms with Crippen LogP contribution in [0.25, 0.3) is 16.9 Å². The molecule has 0 spiro atoms. The minimum atomic E-state index is -1.24. The van der Waals surface area contributed by atoms with E-state index in [4.69, 9.17) is 5.11 Å². The summed E-state index contributed by atoms with van der Waals surface area (Å²) in [7, 11) is 0. The van der Waals surface area contributed by atoms with Crippen molar-refractivity contribution in [2.45, 2.75) is 6.54 Å². The molecule has 146 valence electrons. The smallest absolute Gasteiger partial charge is 0.411 e. The fraction of sp³-hybridized carbons (Fsp3) is 0.0500. The number of rotatable bonds is 5. The third-order valence-corrected chi connectivity index (χ3v) is 4.26. The molecule has 4 rings (SSSR count). The van der Waals surface area contributed by atoms with Crippen LogP contribution in [0.1, 0.15) is 5.56 Å². The van der Waals surface area contributed by atoms with Crippen LogP contribution in [-0.4, -0.2) is 25.8 Å². The minimum Gasteiger partial charge on any atom is -0.465 e. The number of aromatic nitrogens is 3. The zero-order valence-corrected chi connectivity index (χ0v) is 14.9. The monoisotopic (exact) mass is 395 g/mol. The van der Waals surface area contributed by atoms with Gasteiger partial charge < -0.3 is 10.4 Å². The van der Waals surface area contributed by atoms with Gasteiger partial charge in [0.25, 0.3) is 5.95 Å². The van der Waals surface area contributed by atoms with Gasteiger partial charge in [0.15, 0.2) is 5.65 Å². The molecule has 0 bridgehead atoms. The maximum absolute atomic E-state index is 13.7. The van der Waals surface area contributed by atoms with Crippen LogP contribution in [0.4, 0.5) is 25.2 Å². The van der Waals surface area contributed by atoms with Gasteiger partial charge in [0.2, 0.25) is 0 Å². The van der Waals surface area contributed by atoms with Crippen LogP contribution in [0, 0.1) is 11.6 Å². The summed E-state index contributed by atoms with van der Waals surface area (Å²) in [6.45, 7) is 0.248. The maximum atomic E-state index is 13.7. The average Bonchev–Trinajstić information content (AvgIpc) is 3.10. The van der Waals surface area contributed by atoms with Crippen molar-refractivity contribution in [3.63, 3.8) is 0 Å². The van der Waals surface area contributed by atoms with E-state index in [0.717, 1.165) is 11.1 Å². The quantitative estimate of drug-likeness (QED) is 0.467. The Bertz CT molecular complexity index is 1170. The fourth-order valence-electron chi connectivity index (χ4n) is 2.92. The van der Waals surface area contributed by atoms with Gasteiger partial charge in [0.05, 0.1) is 5.69 Å². The van der Waals surface area contributed by atoms with Crippen molar-refractivity contribution >= 4 is 23.4 Å². The van der Waals surface area contributed by atoms with E-state index in [1.165, 1.54) is 22.7 Å². The van der Waals surface area contributed by atoms with Crippen LogP contribution in [0.2, 0.25) is 0 Å². The number of hydrogen-bond acceptors (Lipinski definition) is 4. The minimum absolute atomic E-state index is 0.0160. The topological polar surface area (TPSA) is 91.5 Å². The van der Waals surface area contributed by atoms with E-state index in [0.29, 0.717) is 11.3 Å². The maximum Gasteiger partial charge on any atom is 0.411 e. The number of pyridine rings is 1. The highest BCUT2D eigenvalue weighted by molar-refractivity contribution is 5.80. The Morgan fingerprint density at radius 3 is 2.38 bits per heavy atom. The predicted octanol–water partition coefficient (Wildman–Crippen LogP) is 4.38. The molecule has 0 aliphatic rings. The van der Waals surface area contributed by atoms with E-state index >= 15 is 0 Å². The number of nitrogens with zero attached hydrogens (tertiary/aromatic N) is 3. The Morgan fingerprint density at radius 2 is 1.69 bits per heavy atom.